The molecule has 0 atom stereocenters. The van der Waals surface area contributed by atoms with Crippen LogP contribution >= 0.6 is 20.2 Å². The number of aliphatic imine (C=N–C) groups is 3. The number of hydrogen-bond donors (Lipinski definition) is 0. The van der Waals surface area contributed by atoms with Gasteiger partial charge in [0.1, 0.15) is 0 Å². The third-order valence-corrected chi connectivity index (χ3v) is 4.12. The molecule has 0 fully saturated rings. The summed E-state index contributed by atoms with van der Waals surface area (Å²) < 4.78 is 0. The van der Waals surface area contributed by atoms with E-state index in [1.807, 2.05) is 0 Å². The summed E-state index contributed by atoms with van der Waals surface area (Å²) in [5, 5.41) is 43.8. The summed E-state index contributed by atoms with van der Waals surface area (Å²) in [5.41, 5.74) is -1.21. The van der Waals surface area contributed by atoms with Crippen molar-refractivity contribution in [1.29, 1.82) is 0 Å². The number of nitrogens with zero attached hydrogens (tertiary/aromatic N) is 7. The zero-order valence-corrected chi connectivity index (χ0v) is 20.0. The van der Waals surface area contributed by atoms with E-state index in [0.29, 0.717) is 17.8 Å². The Morgan fingerprint density at radius 2 is 1.08 bits per heavy atom. The molecule has 2 aromatic carbocycles. The Hall–Kier alpha value is -4.11. The molecule has 0 radical (unpaired) electrons. The van der Waals surface area contributed by atoms with Crippen molar-refractivity contribution in [3.05, 3.63) is 88.6 Å². The standard InChI is InChI=1S/C18H11N7O8.2ClH.Fe/c26-22(27)15-3-13(4-16(7-15)23(28)29)19-9-11-1-2-12(21-11)10-20-14-5-17(24(30)31)8-18(6-14)25(32)33;;;/h1,3-10H,2H2;2*1H;/q;;;+2/p-2. The number of hydrogen-bond acceptors (Lipinski definition) is 11. The number of benzene rings is 2. The van der Waals surface area contributed by atoms with Crippen LogP contribution in [0.25, 0.3) is 0 Å². The number of non-ortho nitro benzene ring substituents is 4. The second-order valence-corrected chi connectivity index (χ2v) is 8.27. The summed E-state index contributed by atoms with van der Waals surface area (Å²) in [6.45, 7) is 0. The SMILES string of the molecule is O=[N+]([O-])c1cc(N=CC2=CCC(C=Nc3cc([N+](=O)[O-])cc([N+](=O)[O-])c3)=N2)cc([N+](=O)[O-])c1.[Cl][Fe][Cl]. The summed E-state index contributed by atoms with van der Waals surface area (Å²) in [6, 6.07) is 5.92. The summed E-state index contributed by atoms with van der Waals surface area (Å²) in [7, 11) is 9.53. The van der Waals surface area contributed by atoms with Crippen LogP contribution in [0.5, 0.6) is 0 Å². The van der Waals surface area contributed by atoms with E-state index >= 15 is 0 Å². The molecular weight excluding hydrogens is 569 g/mol. The van der Waals surface area contributed by atoms with Gasteiger partial charge in [0.25, 0.3) is 22.7 Å². The molecule has 0 bridgehead atoms. The fraction of sp³-hybridized carbons (Fsp3) is 0.0556. The Kier molecular flexibility index (Phi) is 10.2. The first-order valence-electron chi connectivity index (χ1n) is 9.13. The Labute approximate surface area is 215 Å². The van der Waals surface area contributed by atoms with Gasteiger partial charge in [-0.1, -0.05) is 6.08 Å². The fourth-order valence-electron chi connectivity index (χ4n) is 2.65. The molecule has 2 aromatic rings. The topological polar surface area (TPSA) is 210 Å². The third kappa shape index (κ3) is 8.28. The Morgan fingerprint density at radius 3 is 1.44 bits per heavy atom. The average Bonchev–Trinajstić information content (AvgIpc) is 3.29. The van der Waals surface area contributed by atoms with Crippen LogP contribution in [0.1, 0.15) is 6.42 Å². The summed E-state index contributed by atoms with van der Waals surface area (Å²) >= 11 is 0.194. The molecule has 15 nitrogen and oxygen atoms in total. The van der Waals surface area contributed by atoms with Crippen molar-refractivity contribution < 1.29 is 32.8 Å². The quantitative estimate of drug-likeness (QED) is 0.167. The van der Waals surface area contributed by atoms with Crippen molar-refractivity contribution in [1.82, 2.24) is 0 Å². The first-order chi connectivity index (χ1) is 17.0. The number of rotatable bonds is 8. The van der Waals surface area contributed by atoms with Gasteiger partial charge in [-0.3, -0.25) is 55.4 Å². The van der Waals surface area contributed by atoms with Gasteiger partial charge in [-0.25, -0.2) is 0 Å². The van der Waals surface area contributed by atoms with Crippen molar-refractivity contribution in [3.63, 3.8) is 0 Å². The van der Waals surface area contributed by atoms with Gasteiger partial charge in [0, 0.05) is 36.9 Å². The van der Waals surface area contributed by atoms with E-state index in [1.54, 1.807) is 6.08 Å². The number of nitro groups is 4. The fourth-order valence-corrected chi connectivity index (χ4v) is 2.65. The van der Waals surface area contributed by atoms with Gasteiger partial charge >= 0.3 is 33.3 Å². The first-order valence-corrected chi connectivity index (χ1v) is 12.2. The molecule has 0 saturated heterocycles. The molecule has 0 aliphatic carbocycles. The minimum absolute atomic E-state index is 0.00961. The van der Waals surface area contributed by atoms with E-state index < -0.39 is 42.4 Å². The number of nitro benzene ring substituents is 4. The Bertz CT molecular complexity index is 1280. The molecular formula is C18H11Cl2FeN7O8. The Morgan fingerprint density at radius 1 is 0.722 bits per heavy atom. The van der Waals surface area contributed by atoms with E-state index in [4.69, 9.17) is 20.2 Å². The van der Waals surface area contributed by atoms with E-state index in [0.717, 1.165) is 36.4 Å². The van der Waals surface area contributed by atoms with Crippen LogP contribution < -0.4 is 0 Å². The van der Waals surface area contributed by atoms with Crippen molar-refractivity contribution in [2.24, 2.45) is 15.0 Å². The molecule has 1 aliphatic heterocycles. The molecule has 1 aliphatic rings. The van der Waals surface area contributed by atoms with E-state index in [1.165, 1.54) is 12.4 Å². The molecule has 0 aromatic heterocycles. The Balaban J connectivity index is 0.00000145. The van der Waals surface area contributed by atoms with Gasteiger partial charge in [0.05, 0.1) is 60.8 Å². The van der Waals surface area contributed by atoms with Gasteiger partial charge in [0.15, 0.2) is 0 Å². The number of allylic oxidation sites excluding steroid dienone is 2. The first kappa shape index (κ1) is 28.1. The monoisotopic (exact) mass is 579 g/mol. The van der Waals surface area contributed by atoms with Crippen LogP contribution in [-0.4, -0.2) is 37.8 Å². The average molecular weight is 580 g/mol. The van der Waals surface area contributed by atoms with Crippen molar-refractivity contribution in [2.75, 3.05) is 0 Å². The van der Waals surface area contributed by atoms with Crippen LogP contribution in [0.15, 0.2) is 63.1 Å². The summed E-state index contributed by atoms with van der Waals surface area (Å²) in [4.78, 5) is 52.9. The number of halogens is 2. The van der Waals surface area contributed by atoms with Crippen molar-refractivity contribution in [2.45, 2.75) is 6.42 Å². The van der Waals surface area contributed by atoms with Gasteiger partial charge in [0.2, 0.25) is 0 Å². The molecule has 36 heavy (non-hydrogen) atoms. The van der Waals surface area contributed by atoms with Crippen molar-refractivity contribution >= 4 is 72.5 Å². The van der Waals surface area contributed by atoms with Crippen LogP contribution in [-0.2, 0) is 13.1 Å². The molecule has 1 heterocycles. The predicted molar refractivity (Wildman–Crippen MR) is 128 cm³/mol. The molecule has 0 spiro atoms. The summed E-state index contributed by atoms with van der Waals surface area (Å²) in [5.74, 6) is 0. The summed E-state index contributed by atoms with van der Waals surface area (Å²) in [6.07, 6.45) is 4.46. The molecule has 18 heteroatoms. The van der Waals surface area contributed by atoms with Crippen LogP contribution in [0, 0.1) is 40.5 Å². The molecule has 188 valence electrons. The second kappa shape index (κ2) is 13.1. The second-order valence-electron chi connectivity index (χ2n) is 6.45. The van der Waals surface area contributed by atoms with E-state index in [2.05, 4.69) is 15.0 Å². The third-order valence-electron chi connectivity index (χ3n) is 4.12. The van der Waals surface area contributed by atoms with Crippen LogP contribution in [0.2, 0.25) is 0 Å². The molecule has 0 N–H and O–H groups in total. The normalized spacial score (nSPS) is 12.7. The van der Waals surface area contributed by atoms with Gasteiger partial charge in [-0.2, -0.15) is 0 Å². The zero-order valence-electron chi connectivity index (χ0n) is 17.4. The van der Waals surface area contributed by atoms with Crippen LogP contribution in [0.4, 0.5) is 34.1 Å². The molecule has 0 unspecified atom stereocenters. The van der Waals surface area contributed by atoms with Crippen molar-refractivity contribution in [3.8, 4) is 0 Å². The molecule has 3 rings (SSSR count). The van der Waals surface area contributed by atoms with Gasteiger partial charge < -0.3 is 0 Å². The molecule has 0 saturated carbocycles. The zero-order chi connectivity index (χ0) is 26.8. The van der Waals surface area contributed by atoms with E-state index in [9.17, 15) is 40.5 Å². The maximum atomic E-state index is 10.9. The maximum absolute atomic E-state index is 10.9. The van der Waals surface area contributed by atoms with E-state index in [-0.39, 0.29) is 24.5 Å². The predicted octanol–water partition coefficient (Wildman–Crippen LogP) is 5.53. The van der Waals surface area contributed by atoms with Gasteiger partial charge in [-0.15, -0.1) is 0 Å². The minimum atomic E-state index is -0.772. The van der Waals surface area contributed by atoms with Crippen LogP contribution in [0.3, 0.4) is 0 Å². The molecule has 0 amide bonds. The van der Waals surface area contributed by atoms with Gasteiger partial charge in [-0.05, 0) is 0 Å².